The predicted octanol–water partition coefficient (Wildman–Crippen LogP) is 1.49. The number of pyridine rings is 1. The van der Waals surface area contributed by atoms with Crippen LogP contribution in [0.2, 0.25) is 0 Å². The summed E-state index contributed by atoms with van der Waals surface area (Å²) >= 11 is 0. The molecule has 0 bridgehead atoms. The maximum absolute atomic E-state index is 11.7. The Kier molecular flexibility index (Phi) is 3.90. The van der Waals surface area contributed by atoms with E-state index in [1.165, 1.54) is 0 Å². The van der Waals surface area contributed by atoms with Gasteiger partial charge < -0.3 is 10.6 Å². The highest BCUT2D eigenvalue weighted by Crippen LogP contribution is 2.02. The number of hydrogen-bond donors (Lipinski definition) is 2. The van der Waals surface area contributed by atoms with Gasteiger partial charge in [0, 0.05) is 36.5 Å². The van der Waals surface area contributed by atoms with Crippen molar-refractivity contribution in [3.63, 3.8) is 0 Å². The fourth-order valence-electron chi connectivity index (χ4n) is 1.56. The minimum absolute atomic E-state index is 0.00765. The third-order valence-corrected chi connectivity index (χ3v) is 2.34. The molecule has 2 heterocycles. The van der Waals surface area contributed by atoms with Crippen LogP contribution in [0.3, 0.4) is 0 Å². The van der Waals surface area contributed by atoms with Crippen LogP contribution in [-0.2, 0) is 6.54 Å². The molecule has 0 saturated heterocycles. The number of rotatable bonds is 4. The fourth-order valence-corrected chi connectivity index (χ4v) is 1.56. The first-order chi connectivity index (χ1) is 8.74. The molecule has 94 valence electrons. The number of nitrogens with zero attached hydrogens (tertiary/aromatic N) is 3. The van der Waals surface area contributed by atoms with Crippen molar-refractivity contribution >= 4 is 11.7 Å². The third-order valence-electron chi connectivity index (χ3n) is 2.34. The molecule has 0 spiro atoms. The van der Waals surface area contributed by atoms with Crippen LogP contribution < -0.4 is 10.6 Å². The van der Waals surface area contributed by atoms with E-state index >= 15 is 0 Å². The zero-order valence-electron chi connectivity index (χ0n) is 10.1. The summed E-state index contributed by atoms with van der Waals surface area (Å²) in [6.45, 7) is 2.56. The van der Waals surface area contributed by atoms with Crippen molar-refractivity contribution in [3.8, 4) is 0 Å². The summed E-state index contributed by atoms with van der Waals surface area (Å²) in [4.78, 5) is 15.6. The first-order valence-electron chi connectivity index (χ1n) is 5.69. The lowest BCUT2D eigenvalue weighted by Gasteiger charge is -2.14. The maximum Gasteiger partial charge on any atom is 0.319 e. The molecule has 18 heavy (non-hydrogen) atoms. The molecule has 2 aromatic heterocycles. The van der Waals surface area contributed by atoms with Crippen LogP contribution >= 0.6 is 0 Å². The molecule has 6 heteroatoms. The van der Waals surface area contributed by atoms with Gasteiger partial charge in [-0.2, -0.15) is 5.10 Å². The van der Waals surface area contributed by atoms with Crippen molar-refractivity contribution in [3.05, 3.63) is 43.0 Å². The van der Waals surface area contributed by atoms with Crippen molar-refractivity contribution in [2.75, 3.05) is 5.32 Å². The lowest BCUT2D eigenvalue weighted by molar-refractivity contribution is 0.247. The molecule has 0 unspecified atom stereocenters. The summed E-state index contributed by atoms with van der Waals surface area (Å²) in [5, 5.41) is 9.65. The van der Waals surface area contributed by atoms with Gasteiger partial charge in [0.15, 0.2) is 0 Å². The monoisotopic (exact) mass is 245 g/mol. The second-order valence-corrected chi connectivity index (χ2v) is 3.96. The second-order valence-electron chi connectivity index (χ2n) is 3.96. The topological polar surface area (TPSA) is 71.8 Å². The van der Waals surface area contributed by atoms with Crippen LogP contribution in [0.5, 0.6) is 0 Å². The van der Waals surface area contributed by atoms with Gasteiger partial charge in [-0.05, 0) is 25.1 Å². The Labute approximate surface area is 105 Å². The zero-order chi connectivity index (χ0) is 12.8. The third kappa shape index (κ3) is 3.58. The summed E-state index contributed by atoms with van der Waals surface area (Å²) in [7, 11) is 0. The number of hydrogen-bond acceptors (Lipinski definition) is 3. The Morgan fingerprint density at radius 3 is 2.83 bits per heavy atom. The van der Waals surface area contributed by atoms with Crippen molar-refractivity contribution in [2.24, 2.45) is 0 Å². The minimum Gasteiger partial charge on any atom is -0.334 e. The molecule has 2 aromatic rings. The maximum atomic E-state index is 11.7. The van der Waals surface area contributed by atoms with Crippen LogP contribution in [0.1, 0.15) is 6.92 Å². The van der Waals surface area contributed by atoms with Gasteiger partial charge in [-0.25, -0.2) is 4.79 Å². The fraction of sp³-hybridized carbons (Fsp3) is 0.250. The van der Waals surface area contributed by atoms with E-state index in [-0.39, 0.29) is 12.1 Å². The van der Waals surface area contributed by atoms with E-state index in [0.29, 0.717) is 12.2 Å². The molecular weight excluding hydrogens is 230 g/mol. The number of aromatic nitrogens is 3. The average molecular weight is 245 g/mol. The molecule has 0 aliphatic carbocycles. The summed E-state index contributed by atoms with van der Waals surface area (Å²) in [5.41, 5.74) is 0.716. The van der Waals surface area contributed by atoms with E-state index in [2.05, 4.69) is 20.7 Å². The van der Waals surface area contributed by atoms with E-state index < -0.39 is 0 Å². The van der Waals surface area contributed by atoms with Crippen molar-refractivity contribution in [1.82, 2.24) is 20.1 Å². The first kappa shape index (κ1) is 12.1. The van der Waals surface area contributed by atoms with Crippen molar-refractivity contribution < 1.29 is 4.79 Å². The number of anilines is 1. The predicted molar refractivity (Wildman–Crippen MR) is 68.1 cm³/mol. The number of urea groups is 1. The number of amides is 2. The van der Waals surface area contributed by atoms with Crippen LogP contribution in [0.15, 0.2) is 43.0 Å². The SMILES string of the molecule is C[C@H](Cn1cccn1)NC(=O)Nc1ccncc1. The van der Waals surface area contributed by atoms with Gasteiger partial charge in [-0.3, -0.25) is 9.67 Å². The molecule has 0 aromatic carbocycles. The Bertz CT molecular complexity index is 482. The van der Waals surface area contributed by atoms with E-state index in [1.807, 2.05) is 19.2 Å². The highest BCUT2D eigenvalue weighted by Gasteiger charge is 2.07. The van der Waals surface area contributed by atoms with E-state index in [1.54, 1.807) is 35.4 Å². The second kappa shape index (κ2) is 5.81. The van der Waals surface area contributed by atoms with Crippen molar-refractivity contribution in [1.29, 1.82) is 0 Å². The minimum atomic E-state index is -0.235. The van der Waals surface area contributed by atoms with Crippen molar-refractivity contribution in [2.45, 2.75) is 19.5 Å². The number of carbonyl (C=O) groups excluding carboxylic acids is 1. The Morgan fingerprint density at radius 2 is 2.17 bits per heavy atom. The van der Waals surface area contributed by atoms with E-state index in [9.17, 15) is 4.79 Å². The molecule has 2 amide bonds. The van der Waals surface area contributed by atoms with Gasteiger partial charge >= 0.3 is 6.03 Å². The molecule has 0 saturated carbocycles. The lowest BCUT2D eigenvalue weighted by Crippen LogP contribution is -2.38. The Balaban J connectivity index is 1.80. The average Bonchev–Trinajstić information content (AvgIpc) is 2.82. The molecule has 6 nitrogen and oxygen atoms in total. The molecule has 0 aliphatic heterocycles. The normalized spacial score (nSPS) is 11.8. The Hall–Kier alpha value is -2.37. The highest BCUT2D eigenvalue weighted by molar-refractivity contribution is 5.89. The summed E-state index contributed by atoms with van der Waals surface area (Å²) in [5.74, 6) is 0. The van der Waals surface area contributed by atoms with Crippen LogP contribution in [-0.4, -0.2) is 26.8 Å². The van der Waals surface area contributed by atoms with E-state index in [4.69, 9.17) is 0 Å². The molecule has 0 aliphatic rings. The molecule has 2 N–H and O–H groups in total. The summed E-state index contributed by atoms with van der Waals surface area (Å²) in [6, 6.07) is 5.08. The molecule has 0 fully saturated rings. The largest absolute Gasteiger partial charge is 0.334 e. The zero-order valence-corrected chi connectivity index (χ0v) is 10.1. The summed E-state index contributed by atoms with van der Waals surface area (Å²) < 4.78 is 1.78. The van der Waals surface area contributed by atoms with Gasteiger partial charge in [0.1, 0.15) is 0 Å². The van der Waals surface area contributed by atoms with Crippen LogP contribution in [0.4, 0.5) is 10.5 Å². The highest BCUT2D eigenvalue weighted by atomic mass is 16.2. The molecular formula is C12H15N5O. The van der Waals surface area contributed by atoms with Gasteiger partial charge in [0.2, 0.25) is 0 Å². The van der Waals surface area contributed by atoms with Gasteiger partial charge in [-0.1, -0.05) is 0 Å². The number of carbonyl (C=O) groups is 1. The summed E-state index contributed by atoms with van der Waals surface area (Å²) in [6.07, 6.45) is 6.83. The van der Waals surface area contributed by atoms with Gasteiger partial charge in [0.25, 0.3) is 0 Å². The smallest absolute Gasteiger partial charge is 0.319 e. The molecule has 2 rings (SSSR count). The standard InChI is InChI=1S/C12H15N5O/c1-10(9-17-8-2-5-14-17)15-12(18)16-11-3-6-13-7-4-11/h2-8,10H,9H2,1H3,(H2,13,15,16,18)/t10-/m1/s1. The van der Waals surface area contributed by atoms with Crippen LogP contribution in [0, 0.1) is 0 Å². The van der Waals surface area contributed by atoms with Gasteiger partial charge in [-0.15, -0.1) is 0 Å². The van der Waals surface area contributed by atoms with Gasteiger partial charge in [0.05, 0.1) is 6.54 Å². The number of nitrogens with one attached hydrogen (secondary N) is 2. The van der Waals surface area contributed by atoms with E-state index in [0.717, 1.165) is 0 Å². The molecule has 0 radical (unpaired) electrons. The lowest BCUT2D eigenvalue weighted by atomic mass is 10.3. The van der Waals surface area contributed by atoms with Crippen LogP contribution in [0.25, 0.3) is 0 Å². The first-order valence-corrected chi connectivity index (χ1v) is 5.69. The quantitative estimate of drug-likeness (QED) is 0.857. The molecule has 1 atom stereocenters. The Morgan fingerprint density at radius 1 is 1.39 bits per heavy atom.